The third-order valence-corrected chi connectivity index (χ3v) is 5.64. The fourth-order valence-corrected chi connectivity index (χ4v) is 4.09. The summed E-state index contributed by atoms with van der Waals surface area (Å²) < 4.78 is 10.9. The van der Waals surface area contributed by atoms with Crippen LogP contribution in [0.25, 0.3) is 0 Å². The minimum absolute atomic E-state index is 0.0223. The van der Waals surface area contributed by atoms with Crippen LogP contribution in [0.15, 0.2) is 42.5 Å². The van der Waals surface area contributed by atoms with Crippen LogP contribution in [0.3, 0.4) is 0 Å². The number of rotatable bonds is 3. The smallest absolute Gasteiger partial charge is 0.256 e. The van der Waals surface area contributed by atoms with Gasteiger partial charge >= 0.3 is 0 Å². The Hall–Kier alpha value is -2.53. The molecule has 2 aromatic rings. The van der Waals surface area contributed by atoms with Gasteiger partial charge < -0.3 is 19.3 Å². The first kappa shape index (κ1) is 17.9. The molecule has 0 spiro atoms. The maximum atomic E-state index is 13.5. The maximum Gasteiger partial charge on any atom is 0.256 e. The Morgan fingerprint density at radius 1 is 1.11 bits per heavy atom. The second kappa shape index (κ2) is 7.61. The van der Waals surface area contributed by atoms with Gasteiger partial charge in [-0.15, -0.1) is 0 Å². The molecule has 1 atom stereocenters. The summed E-state index contributed by atoms with van der Waals surface area (Å²) in [5, 5.41) is 0. The van der Waals surface area contributed by atoms with Crippen molar-refractivity contribution in [2.45, 2.75) is 19.4 Å². The van der Waals surface area contributed by atoms with Crippen molar-refractivity contribution in [3.8, 4) is 5.75 Å². The lowest BCUT2D eigenvalue weighted by atomic mass is 9.92. The molecule has 2 heterocycles. The van der Waals surface area contributed by atoms with E-state index >= 15 is 0 Å². The number of carbonyl (C=O) groups excluding carboxylic acids is 1. The molecule has 0 aliphatic carbocycles. The first-order valence-electron chi connectivity index (χ1n) is 9.58. The van der Waals surface area contributed by atoms with Gasteiger partial charge in [0.25, 0.3) is 5.91 Å². The Labute approximate surface area is 160 Å². The Kier molecular flexibility index (Phi) is 5.03. The number of methoxy groups -OCH3 is 1. The van der Waals surface area contributed by atoms with Crippen LogP contribution in [0.2, 0.25) is 0 Å². The normalized spacial score (nSPS) is 19.6. The van der Waals surface area contributed by atoms with Crippen molar-refractivity contribution in [3.63, 3.8) is 0 Å². The second-order valence-corrected chi connectivity index (χ2v) is 7.11. The Bertz CT molecular complexity index is 830. The van der Waals surface area contributed by atoms with E-state index in [1.807, 2.05) is 35.2 Å². The van der Waals surface area contributed by atoms with Gasteiger partial charge in [0.2, 0.25) is 0 Å². The molecule has 1 unspecified atom stereocenters. The van der Waals surface area contributed by atoms with Crippen LogP contribution in [-0.2, 0) is 11.2 Å². The zero-order chi connectivity index (χ0) is 18.8. The van der Waals surface area contributed by atoms with Gasteiger partial charge in [0.15, 0.2) is 0 Å². The van der Waals surface area contributed by atoms with Crippen molar-refractivity contribution < 1.29 is 14.3 Å². The number of morpholine rings is 1. The van der Waals surface area contributed by atoms with Crippen LogP contribution < -0.4 is 9.64 Å². The zero-order valence-electron chi connectivity index (χ0n) is 16.0. The summed E-state index contributed by atoms with van der Waals surface area (Å²) in [6, 6.07) is 14.1. The van der Waals surface area contributed by atoms with E-state index in [0.717, 1.165) is 43.1 Å². The van der Waals surface area contributed by atoms with E-state index in [1.54, 1.807) is 7.11 Å². The van der Waals surface area contributed by atoms with Gasteiger partial charge in [-0.2, -0.15) is 0 Å². The predicted molar refractivity (Wildman–Crippen MR) is 106 cm³/mol. The van der Waals surface area contributed by atoms with Crippen LogP contribution in [0.1, 0.15) is 34.5 Å². The number of para-hydroxylation sites is 1. The Morgan fingerprint density at radius 2 is 1.89 bits per heavy atom. The third-order valence-electron chi connectivity index (χ3n) is 5.64. The maximum absolute atomic E-state index is 13.5. The monoisotopic (exact) mass is 366 g/mol. The second-order valence-electron chi connectivity index (χ2n) is 7.11. The number of benzene rings is 2. The van der Waals surface area contributed by atoms with Crippen molar-refractivity contribution in [2.75, 3.05) is 44.9 Å². The lowest BCUT2D eigenvalue weighted by Gasteiger charge is -2.37. The first-order chi connectivity index (χ1) is 13.2. The molecule has 0 bridgehead atoms. The van der Waals surface area contributed by atoms with E-state index in [0.29, 0.717) is 13.2 Å². The van der Waals surface area contributed by atoms with Gasteiger partial charge in [-0.05, 0) is 48.7 Å². The van der Waals surface area contributed by atoms with Crippen molar-refractivity contribution in [2.24, 2.45) is 0 Å². The Balaban J connectivity index is 1.63. The lowest BCUT2D eigenvalue weighted by Crippen LogP contribution is -2.41. The number of ether oxygens (including phenoxy) is 2. The summed E-state index contributed by atoms with van der Waals surface area (Å²) in [5.74, 6) is 0.932. The topological polar surface area (TPSA) is 42.0 Å². The fraction of sp³-hybridized carbons (Fsp3) is 0.409. The van der Waals surface area contributed by atoms with Crippen molar-refractivity contribution >= 4 is 11.6 Å². The van der Waals surface area contributed by atoms with Crippen molar-refractivity contribution in [3.05, 3.63) is 59.2 Å². The molecular formula is C22H26N2O3. The van der Waals surface area contributed by atoms with Crippen LogP contribution in [0.4, 0.5) is 5.69 Å². The molecule has 2 aliphatic rings. The van der Waals surface area contributed by atoms with E-state index in [2.05, 4.69) is 24.0 Å². The molecule has 27 heavy (non-hydrogen) atoms. The highest BCUT2D eigenvalue weighted by Crippen LogP contribution is 2.34. The molecule has 0 aromatic heterocycles. The van der Waals surface area contributed by atoms with E-state index in [-0.39, 0.29) is 11.9 Å². The van der Waals surface area contributed by atoms with Gasteiger partial charge in [0.1, 0.15) is 5.75 Å². The quantitative estimate of drug-likeness (QED) is 0.836. The van der Waals surface area contributed by atoms with Crippen molar-refractivity contribution in [1.29, 1.82) is 0 Å². The van der Waals surface area contributed by atoms with Crippen LogP contribution in [0, 0.1) is 0 Å². The molecule has 0 saturated carbocycles. The minimum atomic E-state index is 0.0223. The molecule has 4 rings (SSSR count). The predicted octanol–water partition coefficient (Wildman–Crippen LogP) is 3.29. The summed E-state index contributed by atoms with van der Waals surface area (Å²) in [6.45, 7) is 5.88. The number of carbonyl (C=O) groups is 1. The number of anilines is 1. The third kappa shape index (κ3) is 3.39. The average molecular weight is 366 g/mol. The molecule has 0 N–H and O–H groups in total. The molecular weight excluding hydrogens is 340 g/mol. The van der Waals surface area contributed by atoms with Gasteiger partial charge in [-0.1, -0.05) is 18.2 Å². The standard InChI is InChI=1S/C22H26N2O3/c1-16-20-15-18(26-2)8-7-17(20)9-10-24(16)22(25)19-5-3-4-6-21(19)23-11-13-27-14-12-23/h3-8,15-16H,9-14H2,1-2H3. The number of nitrogens with zero attached hydrogens (tertiary/aromatic N) is 2. The fourth-order valence-electron chi connectivity index (χ4n) is 4.09. The number of hydrogen-bond donors (Lipinski definition) is 0. The molecule has 1 saturated heterocycles. The largest absolute Gasteiger partial charge is 0.497 e. The van der Waals surface area contributed by atoms with E-state index in [1.165, 1.54) is 11.1 Å². The summed E-state index contributed by atoms with van der Waals surface area (Å²) in [6.07, 6.45) is 0.870. The molecule has 1 fully saturated rings. The van der Waals surface area contributed by atoms with E-state index in [4.69, 9.17) is 9.47 Å². The van der Waals surface area contributed by atoms with Gasteiger partial charge in [-0.3, -0.25) is 4.79 Å². The molecule has 2 aromatic carbocycles. The SMILES string of the molecule is COc1ccc2c(c1)C(C)N(C(=O)c1ccccc1N1CCOCC1)CC2. The van der Waals surface area contributed by atoms with Gasteiger partial charge in [-0.25, -0.2) is 0 Å². The molecule has 0 radical (unpaired) electrons. The van der Waals surface area contributed by atoms with Gasteiger partial charge in [0.05, 0.1) is 31.9 Å². The molecule has 5 nitrogen and oxygen atoms in total. The summed E-state index contributed by atoms with van der Waals surface area (Å²) in [5.41, 5.74) is 4.26. The summed E-state index contributed by atoms with van der Waals surface area (Å²) >= 11 is 0. The van der Waals surface area contributed by atoms with E-state index < -0.39 is 0 Å². The summed E-state index contributed by atoms with van der Waals surface area (Å²) in [7, 11) is 1.68. The van der Waals surface area contributed by atoms with Crippen LogP contribution in [0.5, 0.6) is 5.75 Å². The molecule has 5 heteroatoms. The van der Waals surface area contributed by atoms with Gasteiger partial charge in [0, 0.05) is 25.3 Å². The first-order valence-corrected chi connectivity index (χ1v) is 9.58. The average Bonchev–Trinajstić information content (AvgIpc) is 2.74. The zero-order valence-corrected chi connectivity index (χ0v) is 16.0. The highest BCUT2D eigenvalue weighted by molar-refractivity contribution is 6.00. The van der Waals surface area contributed by atoms with Crippen LogP contribution in [-0.4, -0.2) is 50.8 Å². The highest BCUT2D eigenvalue weighted by atomic mass is 16.5. The molecule has 1 amide bonds. The highest BCUT2D eigenvalue weighted by Gasteiger charge is 2.30. The molecule has 2 aliphatic heterocycles. The molecule has 142 valence electrons. The number of fused-ring (bicyclic) bond motifs is 1. The Morgan fingerprint density at radius 3 is 2.67 bits per heavy atom. The van der Waals surface area contributed by atoms with E-state index in [9.17, 15) is 4.79 Å². The van der Waals surface area contributed by atoms with Crippen molar-refractivity contribution in [1.82, 2.24) is 4.90 Å². The summed E-state index contributed by atoms with van der Waals surface area (Å²) in [4.78, 5) is 17.7. The lowest BCUT2D eigenvalue weighted by molar-refractivity contribution is 0.0677. The minimum Gasteiger partial charge on any atom is -0.497 e. The number of hydrogen-bond acceptors (Lipinski definition) is 4. The number of amides is 1. The van der Waals surface area contributed by atoms with Crippen LogP contribution >= 0.6 is 0 Å².